The van der Waals surface area contributed by atoms with Gasteiger partial charge in [-0.2, -0.15) is 0 Å². The Bertz CT molecular complexity index is 1580. The van der Waals surface area contributed by atoms with Crippen molar-refractivity contribution in [2.24, 2.45) is 0 Å². The fourth-order valence-electron chi connectivity index (χ4n) is 4.15. The van der Waals surface area contributed by atoms with Gasteiger partial charge in [0.15, 0.2) is 23.4 Å². The molecule has 11 nitrogen and oxygen atoms in total. The molecule has 2 aliphatic heterocycles. The number of thioether (sulfide) groups is 1. The standard InChI is InChI=1S/C26H21NO10S2/c1-34-16-8-6-15(7-9-16)25(35-13-22(28)29)27-23(26(30)31)24(18-4-2-3-5-21(18)39(27,32)33)38-17-10-11-19-20(12-17)37-14-36-19/h2-12,25H,13-14H2,1H3,(H,28,29)(H,30,31). The number of hydrogen-bond donors (Lipinski definition) is 2. The lowest BCUT2D eigenvalue weighted by Gasteiger charge is -2.37. The van der Waals surface area contributed by atoms with Crippen LogP contribution in [0.2, 0.25) is 0 Å². The van der Waals surface area contributed by atoms with Crippen molar-refractivity contribution in [2.75, 3.05) is 20.5 Å². The fourth-order valence-corrected chi connectivity index (χ4v) is 7.13. The summed E-state index contributed by atoms with van der Waals surface area (Å²) in [6.45, 7) is -0.840. The second-order valence-corrected chi connectivity index (χ2v) is 11.1. The molecule has 0 amide bonds. The van der Waals surface area contributed by atoms with Gasteiger partial charge in [0, 0.05) is 16.0 Å². The van der Waals surface area contributed by atoms with E-state index in [2.05, 4.69) is 0 Å². The van der Waals surface area contributed by atoms with E-state index in [-0.39, 0.29) is 27.7 Å². The molecule has 3 aromatic carbocycles. The molecule has 0 radical (unpaired) electrons. The van der Waals surface area contributed by atoms with Gasteiger partial charge in [-0.1, -0.05) is 42.1 Å². The summed E-state index contributed by atoms with van der Waals surface area (Å²) < 4.78 is 50.1. The highest BCUT2D eigenvalue weighted by atomic mass is 32.2. The van der Waals surface area contributed by atoms with Gasteiger partial charge in [-0.05, 0) is 36.4 Å². The minimum absolute atomic E-state index is 0.0475. The summed E-state index contributed by atoms with van der Waals surface area (Å²) in [6, 6.07) is 17.0. The van der Waals surface area contributed by atoms with E-state index in [1.54, 1.807) is 24.3 Å². The van der Waals surface area contributed by atoms with Crippen LogP contribution < -0.4 is 14.2 Å². The average molecular weight is 572 g/mol. The van der Waals surface area contributed by atoms with E-state index >= 15 is 0 Å². The van der Waals surface area contributed by atoms with Gasteiger partial charge in [0.25, 0.3) is 10.0 Å². The number of nitrogens with zero attached hydrogens (tertiary/aromatic N) is 1. The van der Waals surface area contributed by atoms with E-state index in [1.165, 1.54) is 49.6 Å². The topological polar surface area (TPSA) is 149 Å². The number of sulfonamides is 1. The molecule has 13 heteroatoms. The first-order valence-corrected chi connectivity index (χ1v) is 13.6. The Labute approximate surface area is 227 Å². The number of rotatable bonds is 9. The quantitative estimate of drug-likeness (QED) is 0.386. The molecule has 0 aliphatic carbocycles. The molecule has 2 N–H and O–H groups in total. The van der Waals surface area contributed by atoms with Gasteiger partial charge in [-0.3, -0.25) is 0 Å². The zero-order chi connectivity index (χ0) is 27.7. The largest absolute Gasteiger partial charge is 0.497 e. The molecule has 0 fully saturated rings. The van der Waals surface area contributed by atoms with Crippen molar-refractivity contribution < 1.29 is 47.2 Å². The van der Waals surface area contributed by atoms with Crippen LogP contribution in [0.4, 0.5) is 0 Å². The van der Waals surface area contributed by atoms with Crippen LogP contribution >= 0.6 is 11.8 Å². The second-order valence-electron chi connectivity index (χ2n) is 8.23. The Hall–Kier alpha value is -4.20. The lowest BCUT2D eigenvalue weighted by atomic mass is 10.1. The van der Waals surface area contributed by atoms with Crippen LogP contribution in [-0.2, 0) is 24.3 Å². The Morgan fingerprint density at radius 3 is 2.44 bits per heavy atom. The molecule has 1 atom stereocenters. The summed E-state index contributed by atoms with van der Waals surface area (Å²) in [5.41, 5.74) is -0.214. The van der Waals surface area contributed by atoms with Crippen molar-refractivity contribution in [2.45, 2.75) is 16.0 Å². The Morgan fingerprint density at radius 1 is 1.03 bits per heavy atom. The Balaban J connectivity index is 1.72. The molecular formula is C26H21NO10S2. The molecule has 39 heavy (non-hydrogen) atoms. The predicted molar refractivity (Wildman–Crippen MR) is 138 cm³/mol. The van der Waals surface area contributed by atoms with E-state index in [0.29, 0.717) is 26.4 Å². The van der Waals surface area contributed by atoms with Crippen molar-refractivity contribution >= 4 is 38.6 Å². The van der Waals surface area contributed by atoms with Crippen LogP contribution in [-0.4, -0.2) is 55.4 Å². The summed E-state index contributed by atoms with van der Waals surface area (Å²) in [5, 5.41) is 19.7. The van der Waals surface area contributed by atoms with Gasteiger partial charge < -0.3 is 29.2 Å². The summed E-state index contributed by atoms with van der Waals surface area (Å²) in [5.74, 6) is -1.46. The summed E-state index contributed by atoms with van der Waals surface area (Å²) in [4.78, 5) is 24.8. The Morgan fingerprint density at radius 2 is 1.74 bits per heavy atom. The number of aliphatic carboxylic acids is 2. The van der Waals surface area contributed by atoms with Crippen LogP contribution in [0.5, 0.6) is 17.2 Å². The number of ether oxygens (including phenoxy) is 4. The van der Waals surface area contributed by atoms with Gasteiger partial charge in [0.1, 0.15) is 12.4 Å². The van der Waals surface area contributed by atoms with Gasteiger partial charge >= 0.3 is 11.9 Å². The third-order valence-corrected chi connectivity index (χ3v) is 8.76. The molecule has 0 saturated carbocycles. The van der Waals surface area contributed by atoms with Crippen LogP contribution in [0.1, 0.15) is 17.4 Å². The molecule has 5 rings (SSSR count). The molecular weight excluding hydrogens is 550 g/mol. The van der Waals surface area contributed by atoms with Gasteiger partial charge in [0.05, 0.1) is 16.9 Å². The van der Waals surface area contributed by atoms with E-state index < -0.39 is 40.5 Å². The van der Waals surface area contributed by atoms with E-state index in [0.717, 1.165) is 11.8 Å². The SMILES string of the molecule is COc1ccc(C(OCC(=O)O)N2C(C(=O)O)=C(Sc3ccc4c(c3)OCO4)c3ccccc3S2(=O)=O)cc1. The highest BCUT2D eigenvalue weighted by Crippen LogP contribution is 2.49. The normalized spacial score (nSPS) is 16.0. The molecule has 0 spiro atoms. The number of carbonyl (C=O) groups is 2. The average Bonchev–Trinajstić information content (AvgIpc) is 3.39. The number of fused-ring (bicyclic) bond motifs is 2. The minimum atomic E-state index is -4.54. The lowest BCUT2D eigenvalue weighted by Crippen LogP contribution is -2.41. The molecule has 2 aliphatic rings. The highest BCUT2D eigenvalue weighted by molar-refractivity contribution is 8.08. The number of carboxylic acid groups (broad SMARTS) is 2. The first-order chi connectivity index (χ1) is 18.7. The summed E-state index contributed by atoms with van der Waals surface area (Å²) >= 11 is 1.02. The smallest absolute Gasteiger partial charge is 0.354 e. The molecule has 2 heterocycles. The number of methoxy groups -OCH3 is 1. The van der Waals surface area contributed by atoms with Gasteiger partial charge in [-0.15, -0.1) is 0 Å². The number of benzene rings is 3. The predicted octanol–water partition coefficient (Wildman–Crippen LogP) is 3.77. The Kier molecular flexibility index (Phi) is 7.12. The van der Waals surface area contributed by atoms with E-state index in [9.17, 15) is 28.2 Å². The lowest BCUT2D eigenvalue weighted by molar-refractivity contribution is -0.147. The minimum Gasteiger partial charge on any atom is -0.497 e. The van der Waals surface area contributed by atoms with Crippen molar-refractivity contribution in [3.05, 3.63) is 83.6 Å². The number of hydrogen-bond acceptors (Lipinski definition) is 9. The molecule has 0 bridgehead atoms. The maximum absolute atomic E-state index is 14.0. The molecule has 202 valence electrons. The monoisotopic (exact) mass is 571 g/mol. The van der Waals surface area contributed by atoms with E-state index in [1.807, 2.05) is 0 Å². The zero-order valence-electron chi connectivity index (χ0n) is 20.3. The van der Waals surface area contributed by atoms with Crippen molar-refractivity contribution in [3.8, 4) is 17.2 Å². The first-order valence-electron chi connectivity index (χ1n) is 11.4. The number of carboxylic acids is 2. The van der Waals surface area contributed by atoms with Crippen LogP contribution in [0.3, 0.4) is 0 Å². The molecule has 0 aromatic heterocycles. The van der Waals surface area contributed by atoms with Crippen molar-refractivity contribution in [1.29, 1.82) is 0 Å². The second kappa shape index (κ2) is 10.5. The van der Waals surface area contributed by atoms with Crippen molar-refractivity contribution in [1.82, 2.24) is 4.31 Å². The fraction of sp³-hybridized carbons (Fsp3) is 0.154. The first kappa shape index (κ1) is 26.4. The highest BCUT2D eigenvalue weighted by Gasteiger charge is 2.45. The molecule has 3 aromatic rings. The van der Waals surface area contributed by atoms with Gasteiger partial charge in [-0.25, -0.2) is 22.3 Å². The van der Waals surface area contributed by atoms with Crippen LogP contribution in [0, 0.1) is 0 Å². The molecule has 1 unspecified atom stereocenters. The van der Waals surface area contributed by atoms with Crippen LogP contribution in [0.25, 0.3) is 4.91 Å². The van der Waals surface area contributed by atoms with Crippen LogP contribution in [0.15, 0.2) is 82.2 Å². The zero-order valence-corrected chi connectivity index (χ0v) is 21.9. The maximum Gasteiger partial charge on any atom is 0.354 e. The summed E-state index contributed by atoms with van der Waals surface area (Å²) in [6.07, 6.45) is -1.62. The molecule has 0 saturated heterocycles. The van der Waals surface area contributed by atoms with Crippen molar-refractivity contribution in [3.63, 3.8) is 0 Å². The van der Waals surface area contributed by atoms with Gasteiger partial charge in [0.2, 0.25) is 6.79 Å². The van der Waals surface area contributed by atoms with E-state index in [4.69, 9.17) is 18.9 Å². The maximum atomic E-state index is 14.0. The third kappa shape index (κ3) is 4.99. The third-order valence-electron chi connectivity index (χ3n) is 5.85. The summed E-state index contributed by atoms with van der Waals surface area (Å²) in [7, 11) is -3.09.